The van der Waals surface area contributed by atoms with E-state index < -0.39 is 0 Å². The predicted molar refractivity (Wildman–Crippen MR) is 68.2 cm³/mol. The Morgan fingerprint density at radius 3 is 3.06 bits per heavy atom. The highest BCUT2D eigenvalue weighted by molar-refractivity contribution is 6.30. The smallest absolute Gasteiger partial charge is 0.101 e. The molecule has 2 rings (SSSR count). The Balaban J connectivity index is 2.03. The van der Waals surface area contributed by atoms with Gasteiger partial charge in [0.2, 0.25) is 0 Å². The Bertz CT molecular complexity index is 442. The average molecular weight is 251 g/mol. The van der Waals surface area contributed by atoms with E-state index >= 15 is 0 Å². The van der Waals surface area contributed by atoms with Crippen LogP contribution in [0.2, 0.25) is 5.02 Å². The lowest BCUT2D eigenvalue weighted by atomic mass is 10.0. The second-order valence-corrected chi connectivity index (χ2v) is 4.74. The molecule has 0 saturated carbocycles. The molecule has 0 aliphatic carbocycles. The Labute approximate surface area is 106 Å². The lowest BCUT2D eigenvalue weighted by molar-refractivity contribution is 0.108. The Kier molecular flexibility index (Phi) is 3.88. The Hall–Kier alpha value is -1.24. The minimum Gasteiger partial charge on any atom is -0.384 e. The molecule has 1 aromatic carbocycles. The van der Waals surface area contributed by atoms with Gasteiger partial charge in [0, 0.05) is 24.1 Å². The SMILES string of the molecule is CC1OCCC1CNc1cc(Cl)ccc1C#N. The van der Waals surface area contributed by atoms with E-state index in [0.717, 1.165) is 25.3 Å². The number of benzene rings is 1. The summed E-state index contributed by atoms with van der Waals surface area (Å²) in [4.78, 5) is 0. The van der Waals surface area contributed by atoms with Gasteiger partial charge in [-0.25, -0.2) is 0 Å². The quantitative estimate of drug-likeness (QED) is 0.897. The number of rotatable bonds is 3. The first kappa shape index (κ1) is 12.2. The summed E-state index contributed by atoms with van der Waals surface area (Å²) in [6.07, 6.45) is 1.35. The van der Waals surface area contributed by atoms with Gasteiger partial charge in [-0.1, -0.05) is 11.6 Å². The van der Waals surface area contributed by atoms with Crippen molar-refractivity contribution in [3.8, 4) is 6.07 Å². The van der Waals surface area contributed by atoms with Gasteiger partial charge in [0.1, 0.15) is 6.07 Å². The molecule has 1 N–H and O–H groups in total. The topological polar surface area (TPSA) is 45.0 Å². The molecule has 1 aliphatic rings. The third-order valence-electron chi connectivity index (χ3n) is 3.19. The standard InChI is InChI=1S/C13H15ClN2O/c1-9-11(4-5-17-9)8-16-13-6-12(14)3-2-10(13)7-15/h2-3,6,9,11,16H,4-5,8H2,1H3. The fraction of sp³-hybridized carbons (Fsp3) is 0.462. The van der Waals surface area contributed by atoms with Crippen LogP contribution in [0.5, 0.6) is 0 Å². The predicted octanol–water partition coefficient (Wildman–Crippen LogP) is 3.05. The lowest BCUT2D eigenvalue weighted by Gasteiger charge is -2.16. The summed E-state index contributed by atoms with van der Waals surface area (Å²) in [5.41, 5.74) is 1.43. The number of nitrogens with zero attached hydrogens (tertiary/aromatic N) is 1. The maximum absolute atomic E-state index is 9.00. The fourth-order valence-electron chi connectivity index (χ4n) is 2.05. The number of ether oxygens (including phenoxy) is 1. The highest BCUT2D eigenvalue weighted by atomic mass is 35.5. The zero-order valence-corrected chi connectivity index (χ0v) is 10.5. The lowest BCUT2D eigenvalue weighted by Crippen LogP contribution is -2.21. The van der Waals surface area contributed by atoms with Gasteiger partial charge in [0.05, 0.1) is 17.4 Å². The minimum absolute atomic E-state index is 0.284. The van der Waals surface area contributed by atoms with Gasteiger partial charge < -0.3 is 10.1 Å². The molecule has 17 heavy (non-hydrogen) atoms. The van der Waals surface area contributed by atoms with Gasteiger partial charge in [-0.15, -0.1) is 0 Å². The number of hydrogen-bond acceptors (Lipinski definition) is 3. The maximum atomic E-state index is 9.00. The molecule has 0 spiro atoms. The maximum Gasteiger partial charge on any atom is 0.101 e. The van der Waals surface area contributed by atoms with Crippen LogP contribution in [0.15, 0.2) is 18.2 Å². The van der Waals surface area contributed by atoms with Crippen LogP contribution in [0.3, 0.4) is 0 Å². The Morgan fingerprint density at radius 2 is 2.41 bits per heavy atom. The van der Waals surface area contributed by atoms with Crippen molar-refractivity contribution in [1.29, 1.82) is 5.26 Å². The monoisotopic (exact) mass is 250 g/mol. The molecule has 0 amide bonds. The van der Waals surface area contributed by atoms with E-state index in [1.54, 1.807) is 18.2 Å². The summed E-state index contributed by atoms with van der Waals surface area (Å²) in [7, 11) is 0. The summed E-state index contributed by atoms with van der Waals surface area (Å²) < 4.78 is 5.50. The van der Waals surface area contributed by atoms with Crippen LogP contribution < -0.4 is 5.32 Å². The van der Waals surface area contributed by atoms with E-state index in [1.165, 1.54) is 0 Å². The molecule has 1 aromatic rings. The molecular formula is C13H15ClN2O. The molecule has 0 bridgehead atoms. The normalized spacial score (nSPS) is 23.4. The van der Waals surface area contributed by atoms with Crippen LogP contribution >= 0.6 is 11.6 Å². The highest BCUT2D eigenvalue weighted by Crippen LogP contribution is 2.24. The molecule has 2 atom stereocenters. The van der Waals surface area contributed by atoms with Gasteiger partial charge in [0.25, 0.3) is 0 Å². The average Bonchev–Trinajstić information content (AvgIpc) is 2.72. The number of halogens is 1. The van der Waals surface area contributed by atoms with Crippen molar-refractivity contribution < 1.29 is 4.74 Å². The number of anilines is 1. The summed E-state index contributed by atoms with van der Waals surface area (Å²) >= 11 is 5.92. The third kappa shape index (κ3) is 2.91. The van der Waals surface area contributed by atoms with Crippen molar-refractivity contribution >= 4 is 17.3 Å². The van der Waals surface area contributed by atoms with E-state index in [4.69, 9.17) is 21.6 Å². The minimum atomic E-state index is 0.284. The summed E-state index contributed by atoms with van der Waals surface area (Å²) in [6.45, 7) is 3.73. The molecular weight excluding hydrogens is 236 g/mol. The van der Waals surface area contributed by atoms with E-state index in [9.17, 15) is 0 Å². The number of nitriles is 1. The van der Waals surface area contributed by atoms with Crippen LogP contribution in [0.1, 0.15) is 18.9 Å². The molecule has 1 saturated heterocycles. The molecule has 4 heteroatoms. The largest absolute Gasteiger partial charge is 0.384 e. The van der Waals surface area contributed by atoms with Crippen LogP contribution in [0.4, 0.5) is 5.69 Å². The van der Waals surface area contributed by atoms with Gasteiger partial charge >= 0.3 is 0 Å². The first-order valence-corrected chi connectivity index (χ1v) is 6.13. The Morgan fingerprint density at radius 1 is 1.59 bits per heavy atom. The molecule has 1 fully saturated rings. The van der Waals surface area contributed by atoms with Gasteiger partial charge in [0.15, 0.2) is 0 Å². The van der Waals surface area contributed by atoms with E-state index in [-0.39, 0.29) is 6.10 Å². The van der Waals surface area contributed by atoms with Crippen LogP contribution in [-0.2, 0) is 4.74 Å². The molecule has 2 unspecified atom stereocenters. The molecule has 0 radical (unpaired) electrons. The van der Waals surface area contributed by atoms with E-state index in [1.807, 2.05) is 0 Å². The zero-order valence-electron chi connectivity index (χ0n) is 9.74. The highest BCUT2D eigenvalue weighted by Gasteiger charge is 2.23. The van der Waals surface area contributed by atoms with Crippen molar-refractivity contribution in [2.75, 3.05) is 18.5 Å². The van der Waals surface area contributed by atoms with Crippen molar-refractivity contribution in [2.45, 2.75) is 19.4 Å². The second kappa shape index (κ2) is 5.39. The molecule has 3 nitrogen and oxygen atoms in total. The van der Waals surface area contributed by atoms with Crippen LogP contribution in [0, 0.1) is 17.2 Å². The van der Waals surface area contributed by atoms with Crippen molar-refractivity contribution in [3.05, 3.63) is 28.8 Å². The van der Waals surface area contributed by atoms with Crippen molar-refractivity contribution in [1.82, 2.24) is 0 Å². The number of nitrogens with one attached hydrogen (secondary N) is 1. The van der Waals surface area contributed by atoms with Gasteiger partial charge in [-0.2, -0.15) is 5.26 Å². The summed E-state index contributed by atoms with van der Waals surface area (Å²) in [5.74, 6) is 0.500. The zero-order chi connectivity index (χ0) is 12.3. The van der Waals surface area contributed by atoms with Crippen LogP contribution in [-0.4, -0.2) is 19.3 Å². The summed E-state index contributed by atoms with van der Waals surface area (Å²) in [5, 5.41) is 12.9. The van der Waals surface area contributed by atoms with Crippen molar-refractivity contribution in [3.63, 3.8) is 0 Å². The first-order chi connectivity index (χ1) is 8.20. The molecule has 1 heterocycles. The van der Waals surface area contributed by atoms with Crippen LogP contribution in [0.25, 0.3) is 0 Å². The second-order valence-electron chi connectivity index (χ2n) is 4.31. The third-order valence-corrected chi connectivity index (χ3v) is 3.43. The summed E-state index contributed by atoms with van der Waals surface area (Å²) in [6, 6.07) is 7.41. The van der Waals surface area contributed by atoms with E-state index in [2.05, 4.69) is 18.3 Å². The fourth-order valence-corrected chi connectivity index (χ4v) is 2.22. The number of hydrogen-bond donors (Lipinski definition) is 1. The first-order valence-electron chi connectivity index (χ1n) is 5.76. The molecule has 1 aliphatic heterocycles. The molecule has 0 aromatic heterocycles. The van der Waals surface area contributed by atoms with E-state index in [0.29, 0.717) is 16.5 Å². The van der Waals surface area contributed by atoms with Crippen molar-refractivity contribution in [2.24, 2.45) is 5.92 Å². The van der Waals surface area contributed by atoms with Gasteiger partial charge in [-0.05, 0) is 31.5 Å². The molecule has 90 valence electrons. The van der Waals surface area contributed by atoms with Gasteiger partial charge in [-0.3, -0.25) is 0 Å².